The summed E-state index contributed by atoms with van der Waals surface area (Å²) in [5, 5.41) is 7.73. The maximum absolute atomic E-state index is 13.7. The average Bonchev–Trinajstić information content (AvgIpc) is 3.37. The normalized spacial score (nSPS) is 12.8. The van der Waals surface area contributed by atoms with Crippen molar-refractivity contribution in [1.29, 1.82) is 0 Å². The van der Waals surface area contributed by atoms with Crippen molar-refractivity contribution in [2.45, 2.75) is 71.5 Å². The summed E-state index contributed by atoms with van der Waals surface area (Å²) in [6, 6.07) is 17.1. The highest BCUT2D eigenvalue weighted by Gasteiger charge is 2.26. The second-order valence-corrected chi connectivity index (χ2v) is 11.1. The van der Waals surface area contributed by atoms with E-state index in [1.807, 2.05) is 67.3 Å². The van der Waals surface area contributed by atoms with Crippen molar-refractivity contribution in [3.8, 4) is 22.8 Å². The molecular formula is C33H46N4O4. The molecule has 0 aliphatic carbocycles. The van der Waals surface area contributed by atoms with Crippen LogP contribution in [0.1, 0.15) is 62.5 Å². The number of carbonyl (C=O) groups excluding carboxylic acids is 2. The van der Waals surface area contributed by atoms with Gasteiger partial charge in [0, 0.05) is 19.0 Å². The van der Waals surface area contributed by atoms with E-state index >= 15 is 0 Å². The number of rotatable bonds is 16. The smallest absolute Gasteiger partial charge is 0.272 e. The Morgan fingerprint density at radius 1 is 0.976 bits per heavy atom. The van der Waals surface area contributed by atoms with Crippen LogP contribution in [0.25, 0.3) is 11.3 Å². The molecule has 222 valence electrons. The summed E-state index contributed by atoms with van der Waals surface area (Å²) >= 11 is 0. The van der Waals surface area contributed by atoms with Gasteiger partial charge in [0.2, 0.25) is 0 Å². The zero-order valence-corrected chi connectivity index (χ0v) is 25.6. The molecule has 0 fully saturated rings. The zero-order valence-electron chi connectivity index (χ0n) is 25.6. The molecule has 1 heterocycles. The molecule has 3 rings (SSSR count). The maximum atomic E-state index is 13.7. The monoisotopic (exact) mass is 562 g/mol. The number of hydrogen-bond donors (Lipinski definition) is 1. The molecular weight excluding hydrogens is 516 g/mol. The number of ether oxygens (including phenoxy) is 2. The van der Waals surface area contributed by atoms with Gasteiger partial charge in [0.1, 0.15) is 11.5 Å². The molecule has 0 saturated carbocycles. The van der Waals surface area contributed by atoms with E-state index in [9.17, 15) is 9.59 Å². The lowest BCUT2D eigenvalue weighted by molar-refractivity contribution is -0.121. The molecule has 0 bridgehead atoms. The molecule has 8 heteroatoms. The molecule has 1 amide bonds. The Bertz CT molecular complexity index is 1250. The fraction of sp³-hybridized carbons (Fsp3) is 0.485. The quantitative estimate of drug-likeness (QED) is 0.243. The number of carbonyl (C=O) groups is 2. The summed E-state index contributed by atoms with van der Waals surface area (Å²) < 4.78 is 13.1. The molecule has 1 aromatic heterocycles. The number of nitrogens with zero attached hydrogens (tertiary/aromatic N) is 3. The first-order valence-corrected chi connectivity index (χ1v) is 14.5. The van der Waals surface area contributed by atoms with Crippen LogP contribution >= 0.6 is 0 Å². The van der Waals surface area contributed by atoms with Gasteiger partial charge in [-0.1, -0.05) is 57.2 Å². The van der Waals surface area contributed by atoms with Gasteiger partial charge in [-0.25, -0.2) is 0 Å². The first-order valence-electron chi connectivity index (χ1n) is 14.5. The molecule has 8 nitrogen and oxygen atoms in total. The summed E-state index contributed by atoms with van der Waals surface area (Å²) in [4.78, 5) is 29.3. The molecule has 0 aliphatic heterocycles. The number of ketones is 1. The van der Waals surface area contributed by atoms with Gasteiger partial charge in [-0.15, -0.1) is 0 Å². The number of amides is 1. The number of nitrogens with one attached hydrogen (secondary N) is 1. The van der Waals surface area contributed by atoms with Crippen LogP contribution in [0.2, 0.25) is 0 Å². The first-order chi connectivity index (χ1) is 19.7. The lowest BCUT2D eigenvalue weighted by Gasteiger charge is -2.24. The second-order valence-electron chi connectivity index (χ2n) is 11.1. The van der Waals surface area contributed by atoms with Crippen LogP contribution < -0.4 is 14.8 Å². The lowest BCUT2D eigenvalue weighted by atomic mass is 9.97. The number of aromatic nitrogens is 2. The lowest BCUT2D eigenvalue weighted by Crippen LogP contribution is -2.42. The summed E-state index contributed by atoms with van der Waals surface area (Å²) in [5.74, 6) is 1.22. The van der Waals surface area contributed by atoms with Gasteiger partial charge in [0.15, 0.2) is 11.5 Å². The van der Waals surface area contributed by atoms with E-state index in [4.69, 9.17) is 14.6 Å². The summed E-state index contributed by atoms with van der Waals surface area (Å²) in [7, 11) is 7.29. The molecule has 0 radical (unpaired) electrons. The zero-order chi connectivity index (χ0) is 29.9. The van der Waals surface area contributed by atoms with Crippen LogP contribution in [-0.2, 0) is 17.8 Å². The van der Waals surface area contributed by atoms with Gasteiger partial charge >= 0.3 is 0 Å². The van der Waals surface area contributed by atoms with E-state index in [0.29, 0.717) is 43.3 Å². The fourth-order valence-electron chi connectivity index (χ4n) is 5.13. The first kappa shape index (κ1) is 31.9. The Balaban J connectivity index is 1.91. The van der Waals surface area contributed by atoms with Crippen molar-refractivity contribution in [3.63, 3.8) is 0 Å². The number of hydrogen-bond acceptors (Lipinski definition) is 6. The third-order valence-corrected chi connectivity index (χ3v) is 7.42. The maximum Gasteiger partial charge on any atom is 0.272 e. The van der Waals surface area contributed by atoms with Crippen molar-refractivity contribution in [2.75, 3.05) is 28.3 Å². The Kier molecular flexibility index (Phi) is 12.0. The molecule has 2 atom stereocenters. The number of methoxy groups -OCH3 is 2. The van der Waals surface area contributed by atoms with Crippen LogP contribution in [0.5, 0.6) is 11.5 Å². The van der Waals surface area contributed by atoms with Gasteiger partial charge in [-0.2, -0.15) is 5.10 Å². The van der Waals surface area contributed by atoms with Gasteiger partial charge in [-0.05, 0) is 69.5 Å². The summed E-state index contributed by atoms with van der Waals surface area (Å²) in [6.45, 7) is 6.93. The Hall–Kier alpha value is -3.65. The van der Waals surface area contributed by atoms with Crippen molar-refractivity contribution in [2.24, 2.45) is 5.92 Å². The summed E-state index contributed by atoms with van der Waals surface area (Å²) in [6.07, 6.45) is 3.33. The van der Waals surface area contributed by atoms with Crippen LogP contribution in [0.3, 0.4) is 0 Å². The minimum Gasteiger partial charge on any atom is -0.496 e. The molecule has 0 aliphatic rings. The number of benzene rings is 2. The van der Waals surface area contributed by atoms with E-state index < -0.39 is 6.04 Å². The van der Waals surface area contributed by atoms with E-state index in [-0.39, 0.29) is 23.3 Å². The van der Waals surface area contributed by atoms with Crippen molar-refractivity contribution >= 4 is 11.7 Å². The molecule has 0 spiro atoms. The van der Waals surface area contributed by atoms with Gasteiger partial charge in [0.05, 0.1) is 31.5 Å². The summed E-state index contributed by atoms with van der Waals surface area (Å²) in [5.41, 5.74) is 2.84. The molecule has 2 aromatic carbocycles. The molecule has 0 saturated heterocycles. The average molecular weight is 563 g/mol. The minimum absolute atomic E-state index is 0.0443. The highest BCUT2D eigenvalue weighted by Crippen LogP contribution is 2.38. The molecule has 1 N–H and O–H groups in total. The van der Waals surface area contributed by atoms with Crippen molar-refractivity contribution in [1.82, 2.24) is 20.0 Å². The van der Waals surface area contributed by atoms with Crippen LogP contribution in [0, 0.1) is 5.92 Å². The SMILES string of the molecule is CCC(CCC(=O)[C@H](CCc1ccccc1)NC(=O)c1cc(-c2c(OC)cccc2OC)n(CC(C)C)n1)N(C)C. The van der Waals surface area contributed by atoms with Gasteiger partial charge in [-0.3, -0.25) is 14.3 Å². The van der Waals surface area contributed by atoms with Gasteiger partial charge in [0.25, 0.3) is 5.91 Å². The highest BCUT2D eigenvalue weighted by molar-refractivity contribution is 5.97. The number of Topliss-reactive ketones (excluding diaryl/α,β-unsaturated/α-hetero) is 1. The molecule has 3 aromatic rings. The predicted molar refractivity (Wildman–Crippen MR) is 164 cm³/mol. The Morgan fingerprint density at radius 2 is 1.63 bits per heavy atom. The van der Waals surface area contributed by atoms with Crippen LogP contribution in [0.15, 0.2) is 54.6 Å². The van der Waals surface area contributed by atoms with Crippen LogP contribution in [0.4, 0.5) is 0 Å². The second kappa shape index (κ2) is 15.4. The molecule has 41 heavy (non-hydrogen) atoms. The third kappa shape index (κ3) is 8.67. The third-order valence-electron chi connectivity index (χ3n) is 7.42. The number of aryl methyl sites for hydroxylation is 1. The molecule has 1 unspecified atom stereocenters. The van der Waals surface area contributed by atoms with Crippen molar-refractivity contribution < 1.29 is 19.1 Å². The topological polar surface area (TPSA) is 85.7 Å². The predicted octanol–water partition coefficient (Wildman–Crippen LogP) is 5.64. The largest absolute Gasteiger partial charge is 0.496 e. The van der Waals surface area contributed by atoms with Crippen molar-refractivity contribution in [3.05, 3.63) is 65.9 Å². The minimum atomic E-state index is -0.609. The van der Waals surface area contributed by atoms with E-state index in [0.717, 1.165) is 29.7 Å². The Morgan fingerprint density at radius 3 is 2.20 bits per heavy atom. The van der Waals surface area contributed by atoms with E-state index in [1.54, 1.807) is 20.3 Å². The van der Waals surface area contributed by atoms with Gasteiger partial charge < -0.3 is 19.7 Å². The standard InChI is InChI=1S/C33H46N4O4/c1-8-25(36(4)5)18-20-29(38)26(19-17-24-13-10-9-11-14-24)34-33(39)27-21-28(37(35-27)22-23(2)3)32-30(40-6)15-12-16-31(32)41-7/h9-16,21,23,25-26H,8,17-20,22H2,1-7H3,(H,34,39)/t25?,26-/m0/s1. The van der Waals surface area contributed by atoms with E-state index in [2.05, 4.69) is 31.0 Å². The van der Waals surface area contributed by atoms with Crippen LogP contribution in [-0.4, -0.2) is 66.8 Å². The Labute approximate surface area is 245 Å². The van der Waals surface area contributed by atoms with E-state index in [1.165, 1.54) is 0 Å². The highest BCUT2D eigenvalue weighted by atomic mass is 16.5. The fourth-order valence-corrected chi connectivity index (χ4v) is 5.13.